The number of carbonyl (C=O) groups is 1. The van der Waals surface area contributed by atoms with Gasteiger partial charge >= 0.3 is 5.97 Å². The van der Waals surface area contributed by atoms with Crippen LogP contribution in [0.1, 0.15) is 12.0 Å². The molecule has 0 saturated carbocycles. The van der Waals surface area contributed by atoms with Crippen LogP contribution in [0.2, 0.25) is 0 Å². The van der Waals surface area contributed by atoms with Gasteiger partial charge in [0.25, 0.3) is 5.92 Å². The van der Waals surface area contributed by atoms with Gasteiger partial charge in [0.2, 0.25) is 0 Å². The van der Waals surface area contributed by atoms with E-state index in [0.29, 0.717) is 0 Å². The predicted octanol–water partition coefficient (Wildman–Crippen LogP) is 3.17. The predicted molar refractivity (Wildman–Crippen MR) is 55.8 cm³/mol. The zero-order valence-corrected chi connectivity index (χ0v) is 10.3. The number of rotatable bonds is 3. The van der Waals surface area contributed by atoms with Crippen molar-refractivity contribution in [3.8, 4) is 0 Å². The fraction of sp³-hybridized carbons (Fsp3) is 0.250. The highest BCUT2D eigenvalue weighted by atomic mass is 79.9. The summed E-state index contributed by atoms with van der Waals surface area (Å²) < 4.78 is 27.1. The average Bonchev–Trinajstić information content (AvgIpc) is 1.99. The van der Waals surface area contributed by atoms with Crippen LogP contribution < -0.4 is 0 Å². The van der Waals surface area contributed by atoms with Crippen molar-refractivity contribution in [2.24, 2.45) is 0 Å². The SMILES string of the molecule is O=C(O)CC(F)(F)c1cc(Br)nc(Br)c1. The smallest absolute Gasteiger partial charge is 0.309 e. The number of alkyl halides is 2. The lowest BCUT2D eigenvalue weighted by molar-refractivity contribution is -0.145. The average molecular weight is 345 g/mol. The molecule has 0 atom stereocenters. The lowest BCUT2D eigenvalue weighted by atomic mass is 10.1. The number of hydrogen-bond acceptors (Lipinski definition) is 2. The summed E-state index contributed by atoms with van der Waals surface area (Å²) in [5.41, 5.74) is -0.390. The van der Waals surface area contributed by atoms with Gasteiger partial charge in [0.05, 0.1) is 0 Å². The summed E-state index contributed by atoms with van der Waals surface area (Å²) in [7, 11) is 0. The standard InChI is InChI=1S/C8H5Br2F2NO2/c9-5-1-4(2-6(10)13-5)8(11,12)3-7(14)15/h1-2H,3H2,(H,14,15). The number of pyridine rings is 1. The first-order valence-electron chi connectivity index (χ1n) is 3.74. The van der Waals surface area contributed by atoms with Crippen LogP contribution in [0, 0.1) is 0 Å². The lowest BCUT2D eigenvalue weighted by Crippen LogP contribution is -2.18. The van der Waals surface area contributed by atoms with Crippen molar-refractivity contribution in [1.29, 1.82) is 0 Å². The highest BCUT2D eigenvalue weighted by Crippen LogP contribution is 2.33. The summed E-state index contributed by atoms with van der Waals surface area (Å²) in [4.78, 5) is 14.0. The highest BCUT2D eigenvalue weighted by Gasteiger charge is 2.35. The molecule has 0 radical (unpaired) electrons. The van der Waals surface area contributed by atoms with Gasteiger partial charge in [-0.05, 0) is 44.0 Å². The number of carboxylic acids is 1. The van der Waals surface area contributed by atoms with Crippen LogP contribution in [-0.2, 0) is 10.7 Å². The maximum Gasteiger partial charge on any atom is 0.309 e. The number of halogens is 4. The van der Waals surface area contributed by atoms with E-state index in [9.17, 15) is 13.6 Å². The first kappa shape index (κ1) is 12.5. The quantitative estimate of drug-likeness (QED) is 0.857. The molecule has 1 aromatic heterocycles. The fourth-order valence-electron chi connectivity index (χ4n) is 0.968. The summed E-state index contributed by atoms with van der Waals surface area (Å²) in [6, 6.07) is 2.18. The molecule has 0 amide bonds. The fourth-order valence-corrected chi connectivity index (χ4v) is 2.08. The minimum absolute atomic E-state index is 0.219. The molecule has 0 aromatic carbocycles. The zero-order chi connectivity index (χ0) is 11.6. The van der Waals surface area contributed by atoms with Gasteiger partial charge in [-0.25, -0.2) is 13.8 Å². The summed E-state index contributed by atoms with van der Waals surface area (Å²) >= 11 is 5.90. The van der Waals surface area contributed by atoms with Crippen LogP contribution in [-0.4, -0.2) is 16.1 Å². The first-order chi connectivity index (χ1) is 6.81. The van der Waals surface area contributed by atoms with E-state index in [1.165, 1.54) is 0 Å². The molecule has 0 bridgehead atoms. The Morgan fingerprint density at radius 3 is 2.27 bits per heavy atom. The van der Waals surface area contributed by atoms with E-state index in [1.54, 1.807) is 0 Å². The van der Waals surface area contributed by atoms with E-state index in [2.05, 4.69) is 36.8 Å². The number of carboxylic acid groups (broad SMARTS) is 1. The Kier molecular flexibility index (Phi) is 3.77. The molecule has 1 aromatic rings. The van der Waals surface area contributed by atoms with Gasteiger partial charge in [-0.3, -0.25) is 4.79 Å². The van der Waals surface area contributed by atoms with E-state index in [4.69, 9.17) is 5.11 Å². The van der Waals surface area contributed by atoms with Gasteiger partial charge in [0, 0.05) is 5.56 Å². The van der Waals surface area contributed by atoms with Crippen LogP contribution in [0.3, 0.4) is 0 Å². The van der Waals surface area contributed by atoms with Crippen molar-refractivity contribution in [2.75, 3.05) is 0 Å². The second-order valence-corrected chi connectivity index (χ2v) is 4.40. The van der Waals surface area contributed by atoms with Gasteiger partial charge in [0.15, 0.2) is 0 Å². The molecule has 0 spiro atoms. The van der Waals surface area contributed by atoms with Crippen molar-refractivity contribution in [2.45, 2.75) is 12.3 Å². The maximum absolute atomic E-state index is 13.3. The Morgan fingerprint density at radius 1 is 1.40 bits per heavy atom. The normalized spacial score (nSPS) is 11.5. The summed E-state index contributed by atoms with van der Waals surface area (Å²) in [5.74, 6) is -4.95. The second-order valence-electron chi connectivity index (χ2n) is 2.78. The molecule has 1 rings (SSSR count). The molecule has 1 heterocycles. The minimum Gasteiger partial charge on any atom is -0.481 e. The third-order valence-corrected chi connectivity index (χ3v) is 2.37. The monoisotopic (exact) mass is 343 g/mol. The summed E-state index contributed by atoms with van der Waals surface area (Å²) in [5, 5.41) is 8.33. The Balaban J connectivity index is 3.08. The van der Waals surface area contributed by atoms with E-state index >= 15 is 0 Å². The van der Waals surface area contributed by atoms with Crippen LogP contribution in [0.4, 0.5) is 8.78 Å². The van der Waals surface area contributed by atoms with E-state index in [0.717, 1.165) is 12.1 Å². The van der Waals surface area contributed by atoms with Crippen molar-refractivity contribution < 1.29 is 18.7 Å². The summed E-state index contributed by atoms with van der Waals surface area (Å²) in [6.07, 6.45) is -1.24. The Bertz CT molecular complexity index is 378. The Morgan fingerprint density at radius 2 is 1.87 bits per heavy atom. The van der Waals surface area contributed by atoms with Gasteiger partial charge in [-0.15, -0.1) is 0 Å². The third-order valence-electron chi connectivity index (χ3n) is 1.56. The Hall–Kier alpha value is -0.560. The van der Waals surface area contributed by atoms with E-state index in [1.807, 2.05) is 0 Å². The number of aliphatic carboxylic acids is 1. The van der Waals surface area contributed by atoms with Crippen molar-refractivity contribution >= 4 is 37.8 Å². The molecule has 0 fully saturated rings. The van der Waals surface area contributed by atoms with Gasteiger partial charge in [-0.2, -0.15) is 0 Å². The first-order valence-corrected chi connectivity index (χ1v) is 5.33. The topological polar surface area (TPSA) is 50.2 Å². The molecule has 0 aliphatic rings. The lowest BCUT2D eigenvalue weighted by Gasteiger charge is -2.14. The molecule has 0 aliphatic heterocycles. The highest BCUT2D eigenvalue weighted by molar-refractivity contribution is 9.11. The molecule has 0 saturated heterocycles. The molecule has 3 nitrogen and oxygen atoms in total. The van der Waals surface area contributed by atoms with Crippen LogP contribution in [0.15, 0.2) is 21.3 Å². The van der Waals surface area contributed by atoms with Gasteiger partial charge < -0.3 is 5.11 Å². The minimum atomic E-state index is -3.40. The molecule has 0 aliphatic carbocycles. The van der Waals surface area contributed by atoms with E-state index < -0.39 is 23.9 Å². The van der Waals surface area contributed by atoms with Crippen molar-refractivity contribution in [3.63, 3.8) is 0 Å². The summed E-state index contributed by atoms with van der Waals surface area (Å²) in [6.45, 7) is 0. The molecule has 7 heteroatoms. The van der Waals surface area contributed by atoms with Gasteiger partial charge in [0.1, 0.15) is 15.6 Å². The zero-order valence-electron chi connectivity index (χ0n) is 7.18. The van der Waals surface area contributed by atoms with Crippen LogP contribution >= 0.6 is 31.9 Å². The number of hydrogen-bond donors (Lipinski definition) is 1. The molecule has 0 unspecified atom stereocenters. The van der Waals surface area contributed by atoms with Crippen molar-refractivity contribution in [1.82, 2.24) is 4.98 Å². The second kappa shape index (κ2) is 4.52. The maximum atomic E-state index is 13.3. The number of nitrogens with zero attached hydrogens (tertiary/aromatic N) is 1. The molecule has 15 heavy (non-hydrogen) atoms. The molecule has 1 N–H and O–H groups in total. The largest absolute Gasteiger partial charge is 0.481 e. The third kappa shape index (κ3) is 3.49. The number of aromatic nitrogens is 1. The molecule has 82 valence electrons. The van der Waals surface area contributed by atoms with E-state index in [-0.39, 0.29) is 9.21 Å². The molecular weight excluding hydrogens is 340 g/mol. The van der Waals surface area contributed by atoms with Crippen LogP contribution in [0.5, 0.6) is 0 Å². The van der Waals surface area contributed by atoms with Crippen LogP contribution in [0.25, 0.3) is 0 Å². The van der Waals surface area contributed by atoms with Crippen molar-refractivity contribution in [3.05, 3.63) is 26.9 Å². The van der Waals surface area contributed by atoms with Gasteiger partial charge in [-0.1, -0.05) is 0 Å². The molecular formula is C8H5Br2F2NO2. The Labute approximate surface area is 101 Å².